The number of anilines is 1. The highest BCUT2D eigenvalue weighted by molar-refractivity contribution is 7.92. The van der Waals surface area contributed by atoms with E-state index in [2.05, 4.69) is 15.3 Å². The monoisotopic (exact) mass is 513 g/mol. The molecule has 2 heterocycles. The van der Waals surface area contributed by atoms with Crippen LogP contribution in [0.15, 0.2) is 66.0 Å². The van der Waals surface area contributed by atoms with E-state index in [1.807, 2.05) is 4.72 Å². The molecule has 0 unspecified atom stereocenters. The number of carbonyl (C=O) groups excluding carboxylic acids is 1. The minimum Gasteiger partial charge on any atom is -0.393 e. The molecule has 0 saturated heterocycles. The van der Waals surface area contributed by atoms with E-state index >= 15 is 4.39 Å². The van der Waals surface area contributed by atoms with Gasteiger partial charge >= 0.3 is 0 Å². The number of H-pyrrole nitrogens is 1. The van der Waals surface area contributed by atoms with Gasteiger partial charge in [-0.1, -0.05) is 6.07 Å². The molecule has 0 aliphatic heterocycles. The third-order valence-electron chi connectivity index (χ3n) is 5.23. The predicted molar refractivity (Wildman–Crippen MR) is 129 cm³/mol. The zero-order valence-electron chi connectivity index (χ0n) is 18.6. The molecular weight excluding hydrogens is 495 g/mol. The van der Waals surface area contributed by atoms with E-state index in [0.717, 1.165) is 42.6 Å². The van der Waals surface area contributed by atoms with E-state index in [1.165, 1.54) is 24.7 Å². The minimum atomic E-state index is -4.44. The van der Waals surface area contributed by atoms with Crippen LogP contribution in [0.5, 0.6) is 0 Å². The average molecular weight is 514 g/mol. The van der Waals surface area contributed by atoms with Crippen molar-refractivity contribution in [2.45, 2.75) is 4.90 Å². The number of pyridine rings is 1. The fourth-order valence-corrected chi connectivity index (χ4v) is 4.62. The Morgan fingerprint density at radius 3 is 2.61 bits per heavy atom. The fraction of sp³-hybridized carbons (Fsp3) is 0.0417. The number of nitrogens with one attached hydrogen (secondary N) is 4. The van der Waals surface area contributed by atoms with Crippen LogP contribution in [-0.2, 0) is 10.0 Å². The maximum atomic E-state index is 15.3. The summed E-state index contributed by atoms with van der Waals surface area (Å²) in [6.45, 7) is 0. The Bertz CT molecular complexity index is 1650. The maximum absolute atomic E-state index is 15.3. The van der Waals surface area contributed by atoms with Gasteiger partial charge in [-0.05, 0) is 36.4 Å². The Hall–Kier alpha value is -4.45. The number of carbonyl (C=O) groups is 1. The molecule has 2 aromatic heterocycles. The predicted octanol–water partition coefficient (Wildman–Crippen LogP) is 4.22. The molecule has 0 atom stereocenters. The number of allylic oxidation sites excluding steroid dienone is 1. The van der Waals surface area contributed by atoms with Gasteiger partial charge in [0.2, 0.25) is 5.78 Å². The second-order valence-corrected chi connectivity index (χ2v) is 9.21. The molecule has 8 nitrogen and oxygen atoms in total. The smallest absolute Gasteiger partial charge is 0.262 e. The Morgan fingerprint density at radius 1 is 1.14 bits per heavy atom. The zero-order chi connectivity index (χ0) is 26.0. The van der Waals surface area contributed by atoms with Crippen molar-refractivity contribution in [1.82, 2.24) is 15.3 Å². The van der Waals surface area contributed by atoms with Gasteiger partial charge in [0.05, 0.1) is 16.1 Å². The molecule has 12 heteroatoms. The van der Waals surface area contributed by atoms with Crippen LogP contribution >= 0.6 is 0 Å². The number of sulfonamides is 1. The molecule has 0 fully saturated rings. The van der Waals surface area contributed by atoms with Crippen molar-refractivity contribution in [2.75, 3.05) is 11.8 Å². The molecule has 0 bridgehead atoms. The second-order valence-electron chi connectivity index (χ2n) is 7.53. The van der Waals surface area contributed by atoms with Gasteiger partial charge in [-0.15, -0.1) is 0 Å². The van der Waals surface area contributed by atoms with Crippen LogP contribution in [0.1, 0.15) is 21.5 Å². The normalized spacial score (nSPS) is 11.9. The topological polar surface area (TPSA) is 128 Å². The zero-order valence-corrected chi connectivity index (χ0v) is 19.4. The summed E-state index contributed by atoms with van der Waals surface area (Å²) in [7, 11) is -2.80. The number of ketones is 1. The van der Waals surface area contributed by atoms with E-state index in [0.29, 0.717) is 11.1 Å². The standard InChI is InChI=1S/C24H18F3N5O3S/c1-29-10-14(9-28)13-7-17-18(12-31-24(17)30-11-13)23(33)21-19(26)5-6-20(22(21)27)32-36(34,35)16-4-2-3-15(25)8-16/h2-12,28-29,32H,1H3,(H,30,31)/b14-10+,28-9?. The van der Waals surface area contributed by atoms with E-state index in [1.54, 1.807) is 7.05 Å². The molecule has 0 aliphatic carbocycles. The molecule has 2 aromatic carbocycles. The van der Waals surface area contributed by atoms with Gasteiger partial charge in [0.15, 0.2) is 5.82 Å². The number of rotatable bonds is 8. The largest absolute Gasteiger partial charge is 0.393 e. The first kappa shape index (κ1) is 24.7. The Balaban J connectivity index is 1.77. The van der Waals surface area contributed by atoms with Gasteiger partial charge in [-0.3, -0.25) is 9.52 Å². The lowest BCUT2D eigenvalue weighted by atomic mass is 10.00. The van der Waals surface area contributed by atoms with Crippen molar-refractivity contribution < 1.29 is 26.4 Å². The summed E-state index contributed by atoms with van der Waals surface area (Å²) in [5.41, 5.74) is -0.615. The fourth-order valence-electron chi connectivity index (χ4n) is 3.52. The van der Waals surface area contributed by atoms with E-state index in [9.17, 15) is 22.0 Å². The van der Waals surface area contributed by atoms with Gasteiger partial charge in [0.1, 0.15) is 17.3 Å². The number of hydrogen-bond acceptors (Lipinski definition) is 6. The van der Waals surface area contributed by atoms with Crippen LogP contribution in [0, 0.1) is 22.9 Å². The molecule has 4 rings (SSSR count). The summed E-state index contributed by atoms with van der Waals surface area (Å²) >= 11 is 0. The van der Waals surface area contributed by atoms with Crippen LogP contribution in [-0.4, -0.2) is 37.4 Å². The van der Waals surface area contributed by atoms with Crippen LogP contribution in [0.3, 0.4) is 0 Å². The number of benzene rings is 2. The number of aromatic nitrogens is 2. The SMILES string of the molecule is CN/C=C(\C=N)c1cnc2[nH]cc(C(=O)c3c(F)ccc(NS(=O)(=O)c4cccc(F)c4)c3F)c2c1. The van der Waals surface area contributed by atoms with Crippen molar-refractivity contribution >= 4 is 44.3 Å². The van der Waals surface area contributed by atoms with Crippen molar-refractivity contribution in [2.24, 2.45) is 0 Å². The van der Waals surface area contributed by atoms with Crippen molar-refractivity contribution in [3.8, 4) is 0 Å². The Labute approximate surface area is 203 Å². The van der Waals surface area contributed by atoms with Gasteiger partial charge in [0, 0.05) is 53.9 Å². The van der Waals surface area contributed by atoms with Crippen LogP contribution in [0.2, 0.25) is 0 Å². The summed E-state index contributed by atoms with van der Waals surface area (Å²) in [6, 6.07) is 7.14. The number of fused-ring (bicyclic) bond motifs is 1. The summed E-state index contributed by atoms with van der Waals surface area (Å²) in [6.07, 6.45) is 5.31. The highest BCUT2D eigenvalue weighted by atomic mass is 32.2. The Kier molecular flexibility index (Phi) is 6.62. The van der Waals surface area contributed by atoms with E-state index < -0.39 is 49.4 Å². The van der Waals surface area contributed by atoms with Gasteiger partial charge in [-0.25, -0.2) is 26.6 Å². The number of nitrogens with zero attached hydrogens (tertiary/aromatic N) is 1. The van der Waals surface area contributed by atoms with Gasteiger partial charge in [-0.2, -0.15) is 0 Å². The summed E-state index contributed by atoms with van der Waals surface area (Å²) in [4.78, 5) is 19.7. The molecule has 0 amide bonds. The molecule has 36 heavy (non-hydrogen) atoms. The van der Waals surface area contributed by atoms with Crippen LogP contribution < -0.4 is 10.0 Å². The molecule has 4 N–H and O–H groups in total. The lowest BCUT2D eigenvalue weighted by Crippen LogP contribution is -2.16. The molecule has 184 valence electrons. The maximum Gasteiger partial charge on any atom is 0.262 e. The first-order valence-corrected chi connectivity index (χ1v) is 11.8. The molecular formula is C24H18F3N5O3S. The quantitative estimate of drug-likeness (QED) is 0.207. The average Bonchev–Trinajstić information content (AvgIpc) is 3.27. The molecule has 0 saturated carbocycles. The van der Waals surface area contributed by atoms with Crippen LogP contribution in [0.25, 0.3) is 16.6 Å². The lowest BCUT2D eigenvalue weighted by Gasteiger charge is -2.12. The molecule has 4 aromatic rings. The lowest BCUT2D eigenvalue weighted by molar-refractivity contribution is 0.103. The number of aromatic amines is 1. The molecule has 0 radical (unpaired) electrons. The third-order valence-corrected chi connectivity index (χ3v) is 6.60. The third kappa shape index (κ3) is 4.58. The highest BCUT2D eigenvalue weighted by Gasteiger charge is 2.26. The number of hydrogen-bond donors (Lipinski definition) is 4. The second kappa shape index (κ2) is 9.66. The van der Waals surface area contributed by atoms with Crippen molar-refractivity contribution in [1.29, 1.82) is 5.41 Å². The van der Waals surface area contributed by atoms with E-state index in [4.69, 9.17) is 5.41 Å². The molecule has 0 spiro atoms. The minimum absolute atomic E-state index is 0.115. The van der Waals surface area contributed by atoms with Gasteiger partial charge < -0.3 is 15.7 Å². The first-order valence-electron chi connectivity index (χ1n) is 10.3. The van der Waals surface area contributed by atoms with Gasteiger partial charge in [0.25, 0.3) is 10.0 Å². The van der Waals surface area contributed by atoms with Crippen LogP contribution in [0.4, 0.5) is 18.9 Å². The van der Waals surface area contributed by atoms with Crippen molar-refractivity contribution in [3.05, 3.63) is 95.2 Å². The Morgan fingerprint density at radius 2 is 1.92 bits per heavy atom. The summed E-state index contributed by atoms with van der Waals surface area (Å²) < 4.78 is 70.6. The molecule has 0 aliphatic rings. The summed E-state index contributed by atoms with van der Waals surface area (Å²) in [5, 5.41) is 10.6. The summed E-state index contributed by atoms with van der Waals surface area (Å²) in [5.74, 6) is -4.53. The number of halogens is 3. The van der Waals surface area contributed by atoms with E-state index in [-0.39, 0.29) is 16.6 Å². The van der Waals surface area contributed by atoms with Crippen molar-refractivity contribution in [3.63, 3.8) is 0 Å². The first-order chi connectivity index (χ1) is 17.2. The highest BCUT2D eigenvalue weighted by Crippen LogP contribution is 2.29.